The van der Waals surface area contributed by atoms with Crippen LogP contribution in [0.1, 0.15) is 23.3 Å². The Hall–Kier alpha value is -3.46. The number of para-hydroxylation sites is 1. The highest BCUT2D eigenvalue weighted by Crippen LogP contribution is 2.28. The van der Waals surface area contributed by atoms with Crippen LogP contribution in [-0.4, -0.2) is 70.7 Å². The number of pyridine rings is 1. The van der Waals surface area contributed by atoms with E-state index in [0.29, 0.717) is 29.5 Å². The summed E-state index contributed by atoms with van der Waals surface area (Å²) in [6.45, 7) is 3.29. The minimum atomic E-state index is -1.26. The van der Waals surface area contributed by atoms with E-state index in [1.54, 1.807) is 13.2 Å². The van der Waals surface area contributed by atoms with Gasteiger partial charge in [-0.15, -0.1) is 0 Å². The third-order valence-corrected chi connectivity index (χ3v) is 5.47. The monoisotopic (exact) mass is 427 g/mol. The van der Waals surface area contributed by atoms with E-state index in [1.807, 2.05) is 24.3 Å². The van der Waals surface area contributed by atoms with Crippen LogP contribution in [0.3, 0.4) is 0 Å². The number of carboxylic acids is 2. The van der Waals surface area contributed by atoms with Crippen molar-refractivity contribution in [2.75, 3.05) is 26.7 Å². The molecule has 3 aliphatic rings. The van der Waals surface area contributed by atoms with Crippen molar-refractivity contribution in [2.45, 2.75) is 18.9 Å². The summed E-state index contributed by atoms with van der Waals surface area (Å²) in [5.41, 5.74) is 1.21. The van der Waals surface area contributed by atoms with Crippen LogP contribution in [0.15, 0.2) is 42.5 Å². The highest BCUT2D eigenvalue weighted by Gasteiger charge is 2.35. The van der Waals surface area contributed by atoms with Gasteiger partial charge in [0.2, 0.25) is 0 Å². The van der Waals surface area contributed by atoms with Crippen LogP contribution in [0.5, 0.6) is 5.75 Å². The van der Waals surface area contributed by atoms with Crippen LogP contribution in [-0.2, 0) is 9.59 Å². The first kappa shape index (κ1) is 22.2. The number of carbonyl (C=O) groups is 3. The zero-order valence-electron chi connectivity index (χ0n) is 17.2. The lowest BCUT2D eigenvalue weighted by atomic mass is 9.84. The third kappa shape index (κ3) is 5.79. The van der Waals surface area contributed by atoms with Crippen molar-refractivity contribution in [1.82, 2.24) is 15.2 Å². The van der Waals surface area contributed by atoms with Crippen molar-refractivity contribution in [2.24, 2.45) is 5.92 Å². The van der Waals surface area contributed by atoms with E-state index < -0.39 is 11.9 Å². The maximum Gasteiger partial charge on any atom is 0.328 e. The van der Waals surface area contributed by atoms with E-state index in [4.69, 9.17) is 14.9 Å². The quantitative estimate of drug-likeness (QED) is 0.616. The van der Waals surface area contributed by atoms with Crippen molar-refractivity contribution in [3.8, 4) is 5.75 Å². The van der Waals surface area contributed by atoms with Gasteiger partial charge in [0.05, 0.1) is 12.6 Å². The number of aromatic nitrogens is 1. The molecule has 0 saturated carbocycles. The fourth-order valence-corrected chi connectivity index (χ4v) is 3.94. The van der Waals surface area contributed by atoms with Gasteiger partial charge in [-0.05, 0) is 44.0 Å². The second-order valence-electron chi connectivity index (χ2n) is 7.45. The number of aliphatic carboxylic acids is 2. The van der Waals surface area contributed by atoms with Crippen LogP contribution in [0.25, 0.3) is 10.9 Å². The van der Waals surface area contributed by atoms with Gasteiger partial charge in [0.1, 0.15) is 11.4 Å². The minimum absolute atomic E-state index is 0.104. The summed E-state index contributed by atoms with van der Waals surface area (Å²) in [5, 5.41) is 19.7. The summed E-state index contributed by atoms with van der Waals surface area (Å²) >= 11 is 0. The summed E-state index contributed by atoms with van der Waals surface area (Å²) in [5.74, 6) is -1.33. The van der Waals surface area contributed by atoms with Crippen LogP contribution in [0, 0.1) is 5.92 Å². The average Bonchev–Trinajstić information content (AvgIpc) is 2.78. The fraction of sp³-hybridized carbons (Fsp3) is 0.364. The first-order chi connectivity index (χ1) is 14.9. The predicted octanol–water partition coefficient (Wildman–Crippen LogP) is 1.78. The Morgan fingerprint density at radius 1 is 1.13 bits per heavy atom. The molecule has 3 fully saturated rings. The molecule has 0 aliphatic carbocycles. The minimum Gasteiger partial charge on any atom is -0.496 e. The molecule has 164 valence electrons. The molecule has 1 atom stereocenters. The maximum absolute atomic E-state index is 12.7. The second kappa shape index (κ2) is 10.0. The molecule has 9 nitrogen and oxygen atoms in total. The number of rotatable bonds is 5. The van der Waals surface area contributed by atoms with Crippen LogP contribution < -0.4 is 10.1 Å². The van der Waals surface area contributed by atoms with Gasteiger partial charge in [0.15, 0.2) is 0 Å². The molecule has 9 heteroatoms. The molecule has 2 bridgehead atoms. The predicted molar refractivity (Wildman–Crippen MR) is 113 cm³/mol. The molecular weight excluding hydrogens is 402 g/mol. The number of ether oxygens (including phenoxy) is 1. The normalized spacial score (nSPS) is 21.9. The Balaban J connectivity index is 0.000000293. The summed E-state index contributed by atoms with van der Waals surface area (Å²) in [6.07, 6.45) is 3.48. The molecule has 31 heavy (non-hydrogen) atoms. The van der Waals surface area contributed by atoms with Crippen LogP contribution in [0.4, 0.5) is 0 Å². The molecule has 5 rings (SSSR count). The number of carboxylic acid groups (broad SMARTS) is 2. The van der Waals surface area contributed by atoms with Crippen LogP contribution >= 0.6 is 0 Å². The number of fused-ring (bicyclic) bond motifs is 4. The van der Waals surface area contributed by atoms with Crippen molar-refractivity contribution >= 4 is 28.7 Å². The molecule has 1 amide bonds. The summed E-state index contributed by atoms with van der Waals surface area (Å²) < 4.78 is 5.43. The molecule has 4 heterocycles. The van der Waals surface area contributed by atoms with Gasteiger partial charge >= 0.3 is 11.9 Å². The largest absolute Gasteiger partial charge is 0.496 e. The second-order valence-corrected chi connectivity index (χ2v) is 7.45. The lowest BCUT2D eigenvalue weighted by Gasteiger charge is -2.44. The van der Waals surface area contributed by atoms with Crippen molar-refractivity contribution in [3.05, 3.63) is 48.2 Å². The number of hydrogen-bond donors (Lipinski definition) is 3. The number of amides is 1. The van der Waals surface area contributed by atoms with Crippen molar-refractivity contribution in [3.63, 3.8) is 0 Å². The van der Waals surface area contributed by atoms with Crippen LogP contribution in [0.2, 0.25) is 0 Å². The lowest BCUT2D eigenvalue weighted by molar-refractivity contribution is -0.134. The zero-order chi connectivity index (χ0) is 22.4. The summed E-state index contributed by atoms with van der Waals surface area (Å²) in [6, 6.07) is 9.70. The Morgan fingerprint density at radius 2 is 1.77 bits per heavy atom. The van der Waals surface area contributed by atoms with E-state index in [0.717, 1.165) is 17.4 Å². The van der Waals surface area contributed by atoms with E-state index in [1.165, 1.54) is 25.9 Å². The van der Waals surface area contributed by atoms with E-state index in [9.17, 15) is 14.4 Å². The van der Waals surface area contributed by atoms with Gasteiger partial charge in [-0.1, -0.05) is 12.1 Å². The SMILES string of the molecule is COc1cc(C(=O)NC2CN3CCC2CC3)nc2ccccc12.O=C(O)/C=C/C(=O)O. The number of carbonyl (C=O) groups excluding carboxylic acids is 1. The topological polar surface area (TPSA) is 129 Å². The van der Waals surface area contributed by atoms with E-state index in [2.05, 4.69) is 15.2 Å². The van der Waals surface area contributed by atoms with E-state index >= 15 is 0 Å². The van der Waals surface area contributed by atoms with Gasteiger partial charge in [-0.25, -0.2) is 14.6 Å². The summed E-state index contributed by atoms with van der Waals surface area (Å²) in [7, 11) is 1.62. The maximum atomic E-state index is 12.7. The third-order valence-electron chi connectivity index (χ3n) is 5.47. The molecule has 1 unspecified atom stereocenters. The fourth-order valence-electron chi connectivity index (χ4n) is 3.94. The molecule has 0 spiro atoms. The van der Waals surface area contributed by atoms with Gasteiger partial charge in [0, 0.05) is 36.2 Å². The summed E-state index contributed by atoms with van der Waals surface area (Å²) in [4.78, 5) is 38.7. The smallest absolute Gasteiger partial charge is 0.328 e. The number of nitrogens with one attached hydrogen (secondary N) is 1. The van der Waals surface area contributed by atoms with Gasteiger partial charge in [0.25, 0.3) is 5.91 Å². The Kier molecular flexibility index (Phi) is 7.19. The lowest BCUT2D eigenvalue weighted by Crippen LogP contribution is -2.57. The molecule has 2 aromatic rings. The van der Waals surface area contributed by atoms with Crippen molar-refractivity contribution in [1.29, 1.82) is 0 Å². The number of nitrogens with zero attached hydrogens (tertiary/aromatic N) is 2. The Bertz CT molecular complexity index is 982. The number of piperidine rings is 3. The van der Waals surface area contributed by atoms with Gasteiger partial charge < -0.3 is 25.2 Å². The molecule has 3 N–H and O–H groups in total. The standard InChI is InChI=1S/C18H21N3O2.C4H4O4/c1-23-17-10-15(19-14-5-3-2-4-13(14)17)18(22)20-16-11-21-8-6-12(16)7-9-21;5-3(6)1-2-4(7)8/h2-5,10,12,16H,6-9,11H2,1H3,(H,20,22);1-2H,(H,5,6)(H,7,8)/b;2-1+. The first-order valence-corrected chi connectivity index (χ1v) is 9.98. The molecule has 3 aliphatic heterocycles. The van der Waals surface area contributed by atoms with Gasteiger partial charge in [-0.3, -0.25) is 4.79 Å². The average molecular weight is 427 g/mol. The molecule has 3 saturated heterocycles. The molecule has 0 radical (unpaired) electrons. The number of methoxy groups -OCH3 is 1. The van der Waals surface area contributed by atoms with E-state index in [-0.39, 0.29) is 11.9 Å². The number of hydrogen-bond acceptors (Lipinski definition) is 6. The van der Waals surface area contributed by atoms with Crippen molar-refractivity contribution < 1.29 is 29.3 Å². The molecule has 1 aromatic heterocycles. The zero-order valence-corrected chi connectivity index (χ0v) is 17.2. The highest BCUT2D eigenvalue weighted by molar-refractivity contribution is 5.97. The first-order valence-electron chi connectivity index (χ1n) is 9.98. The molecule has 1 aromatic carbocycles. The Morgan fingerprint density at radius 3 is 2.32 bits per heavy atom. The Labute approximate surface area is 179 Å². The number of benzene rings is 1. The molecular formula is C22H25N3O6. The van der Waals surface area contributed by atoms with Gasteiger partial charge in [-0.2, -0.15) is 0 Å². The highest BCUT2D eigenvalue weighted by atomic mass is 16.5.